The summed E-state index contributed by atoms with van der Waals surface area (Å²) in [5.41, 5.74) is 6.48. The summed E-state index contributed by atoms with van der Waals surface area (Å²) in [7, 11) is 0. The molecule has 1 aromatic heterocycles. The number of fused-ring (bicyclic) bond motifs is 1. The third-order valence-electron chi connectivity index (χ3n) is 6.40. The van der Waals surface area contributed by atoms with Crippen molar-refractivity contribution in [1.29, 1.82) is 0 Å². The van der Waals surface area contributed by atoms with Crippen LogP contribution >= 0.6 is 11.6 Å². The Morgan fingerprint density at radius 3 is 2.50 bits per heavy atom. The van der Waals surface area contributed by atoms with Gasteiger partial charge in [0.1, 0.15) is 0 Å². The maximum Gasteiger partial charge on any atom is 0.296 e. The summed E-state index contributed by atoms with van der Waals surface area (Å²) < 4.78 is 2.21. The number of aromatic nitrogens is 1. The molecule has 0 bridgehead atoms. The van der Waals surface area contributed by atoms with Crippen LogP contribution in [-0.2, 0) is 24.2 Å². The zero-order valence-corrected chi connectivity index (χ0v) is 19.8. The zero-order valence-electron chi connectivity index (χ0n) is 19.1. The Labute approximate surface area is 194 Å². The fourth-order valence-electron chi connectivity index (χ4n) is 4.67. The highest BCUT2D eigenvalue weighted by atomic mass is 35.5. The Balaban J connectivity index is 1.72. The number of anilines is 1. The number of amides is 1. The summed E-state index contributed by atoms with van der Waals surface area (Å²) in [4.78, 5) is 26.3. The van der Waals surface area contributed by atoms with Crippen LogP contribution in [0.25, 0.3) is 0 Å². The van der Waals surface area contributed by atoms with Crippen LogP contribution in [-0.4, -0.2) is 16.3 Å². The van der Waals surface area contributed by atoms with Crippen molar-refractivity contribution in [3.8, 4) is 0 Å². The highest BCUT2D eigenvalue weighted by Crippen LogP contribution is 2.39. The predicted molar refractivity (Wildman–Crippen MR) is 130 cm³/mol. The minimum absolute atomic E-state index is 0.0912. The van der Waals surface area contributed by atoms with Crippen molar-refractivity contribution >= 4 is 29.0 Å². The van der Waals surface area contributed by atoms with Gasteiger partial charge in [0.2, 0.25) is 0 Å². The Bertz CT molecular complexity index is 1190. The Hall–Kier alpha value is -2.85. The molecular weight excluding hydrogens is 420 g/mol. The van der Waals surface area contributed by atoms with Crippen molar-refractivity contribution in [1.82, 2.24) is 4.57 Å². The van der Waals surface area contributed by atoms with Gasteiger partial charge in [0.25, 0.3) is 11.7 Å². The number of nitrogens with zero attached hydrogens (tertiary/aromatic N) is 1. The summed E-state index contributed by atoms with van der Waals surface area (Å²) in [6.07, 6.45) is 2.73. The molecule has 1 N–H and O–H groups in total. The molecule has 0 radical (unpaired) electrons. The van der Waals surface area contributed by atoms with E-state index >= 15 is 0 Å². The van der Waals surface area contributed by atoms with Gasteiger partial charge in [-0.1, -0.05) is 49.7 Å². The Morgan fingerprint density at radius 1 is 1.09 bits per heavy atom. The lowest BCUT2D eigenvalue weighted by molar-refractivity contribution is -0.112. The van der Waals surface area contributed by atoms with Crippen LogP contribution < -0.4 is 5.32 Å². The number of halogens is 1. The van der Waals surface area contributed by atoms with Crippen LogP contribution in [0.2, 0.25) is 5.02 Å². The fourth-order valence-corrected chi connectivity index (χ4v) is 4.80. The molecule has 0 atom stereocenters. The lowest BCUT2D eigenvalue weighted by Crippen LogP contribution is -2.27. The van der Waals surface area contributed by atoms with Crippen LogP contribution in [0.3, 0.4) is 0 Å². The molecule has 0 unspecified atom stereocenters. The Morgan fingerprint density at radius 2 is 1.81 bits per heavy atom. The molecule has 0 spiro atoms. The lowest BCUT2D eigenvalue weighted by atomic mass is 9.75. The second-order valence-electron chi connectivity index (χ2n) is 9.59. The highest BCUT2D eigenvalue weighted by Gasteiger charge is 2.35. The summed E-state index contributed by atoms with van der Waals surface area (Å²) >= 11 is 6.05. The number of benzene rings is 2. The van der Waals surface area contributed by atoms with Gasteiger partial charge in [0.15, 0.2) is 0 Å². The molecule has 4 rings (SSSR count). The van der Waals surface area contributed by atoms with Crippen molar-refractivity contribution in [2.75, 3.05) is 5.32 Å². The fraction of sp³-hybridized carbons (Fsp3) is 0.333. The molecule has 1 heterocycles. The first-order chi connectivity index (χ1) is 15.1. The maximum absolute atomic E-state index is 13.4. The standard InChI is InChI=1S/C27H29ClN2O2/c1-17-6-5-7-21(14-17)29-26(32)25(31)24-18(2)30(16-19-8-10-20(28)11-9-19)23-12-13-27(3,4)15-22(23)24/h5-11,14H,12-13,15-16H2,1-4H3,(H,29,32). The molecule has 0 saturated heterocycles. The number of Topliss-reactive ketones (excluding diaryl/α,β-unsaturated/α-hetero) is 1. The summed E-state index contributed by atoms with van der Waals surface area (Å²) in [5.74, 6) is -1.05. The number of rotatable bonds is 5. The largest absolute Gasteiger partial charge is 0.343 e. The molecule has 5 heteroatoms. The van der Waals surface area contributed by atoms with Crippen molar-refractivity contribution in [3.05, 3.63) is 87.2 Å². The summed E-state index contributed by atoms with van der Waals surface area (Å²) in [6, 6.07) is 15.3. The van der Waals surface area contributed by atoms with E-state index in [2.05, 4.69) is 23.7 Å². The first-order valence-electron chi connectivity index (χ1n) is 11.0. The first-order valence-corrected chi connectivity index (χ1v) is 11.4. The average Bonchev–Trinajstić information content (AvgIpc) is 2.98. The molecule has 2 aromatic carbocycles. The SMILES string of the molecule is Cc1cccc(NC(=O)C(=O)c2c3c(n(Cc4ccc(Cl)cc4)c2C)CCC(C)(C)C3)c1. The quantitative estimate of drug-likeness (QED) is 0.376. The molecule has 166 valence electrons. The molecule has 1 aliphatic carbocycles. The second kappa shape index (κ2) is 8.59. The number of hydrogen-bond donors (Lipinski definition) is 1. The average molecular weight is 449 g/mol. The van der Waals surface area contributed by atoms with Gasteiger partial charge in [0.05, 0.1) is 5.56 Å². The third-order valence-corrected chi connectivity index (χ3v) is 6.65. The van der Waals surface area contributed by atoms with E-state index in [0.29, 0.717) is 22.8 Å². The van der Waals surface area contributed by atoms with Crippen LogP contribution in [0, 0.1) is 19.3 Å². The molecule has 4 nitrogen and oxygen atoms in total. The van der Waals surface area contributed by atoms with Gasteiger partial charge in [-0.15, -0.1) is 0 Å². The number of aryl methyl sites for hydroxylation is 1. The molecular formula is C27H29ClN2O2. The summed E-state index contributed by atoms with van der Waals surface area (Å²) in [5, 5.41) is 3.49. The molecule has 0 aliphatic heterocycles. The number of ketones is 1. The number of hydrogen-bond acceptors (Lipinski definition) is 2. The smallest absolute Gasteiger partial charge is 0.296 e. The molecule has 1 amide bonds. The molecule has 0 fully saturated rings. The topological polar surface area (TPSA) is 51.1 Å². The van der Waals surface area contributed by atoms with Crippen LogP contribution in [0.15, 0.2) is 48.5 Å². The van der Waals surface area contributed by atoms with Gasteiger partial charge in [0, 0.05) is 28.6 Å². The van der Waals surface area contributed by atoms with Gasteiger partial charge in [-0.25, -0.2) is 0 Å². The highest BCUT2D eigenvalue weighted by molar-refractivity contribution is 6.47. The maximum atomic E-state index is 13.4. The van der Waals surface area contributed by atoms with E-state index in [1.807, 2.05) is 56.3 Å². The minimum atomic E-state index is -0.589. The number of nitrogens with one attached hydrogen (secondary N) is 1. The molecule has 0 saturated carbocycles. The minimum Gasteiger partial charge on any atom is -0.343 e. The normalized spacial score (nSPS) is 14.7. The van der Waals surface area contributed by atoms with E-state index in [1.165, 1.54) is 5.69 Å². The van der Waals surface area contributed by atoms with Crippen LogP contribution in [0.4, 0.5) is 5.69 Å². The monoisotopic (exact) mass is 448 g/mol. The van der Waals surface area contributed by atoms with Gasteiger partial charge >= 0.3 is 0 Å². The van der Waals surface area contributed by atoms with Crippen molar-refractivity contribution < 1.29 is 9.59 Å². The van der Waals surface area contributed by atoms with E-state index in [-0.39, 0.29) is 5.41 Å². The van der Waals surface area contributed by atoms with Crippen LogP contribution in [0.5, 0.6) is 0 Å². The van der Waals surface area contributed by atoms with Gasteiger partial charge in [-0.2, -0.15) is 0 Å². The third kappa shape index (κ3) is 4.51. The predicted octanol–water partition coefficient (Wildman–Crippen LogP) is 6.14. The van der Waals surface area contributed by atoms with Gasteiger partial charge < -0.3 is 9.88 Å². The van der Waals surface area contributed by atoms with Crippen LogP contribution in [0.1, 0.15) is 58.7 Å². The first kappa shape index (κ1) is 22.3. The zero-order chi connectivity index (χ0) is 23.0. The van der Waals surface area contributed by atoms with E-state index < -0.39 is 11.7 Å². The number of carbonyl (C=O) groups excluding carboxylic acids is 2. The second-order valence-corrected chi connectivity index (χ2v) is 10.0. The van der Waals surface area contributed by atoms with Gasteiger partial charge in [-0.3, -0.25) is 9.59 Å². The number of carbonyl (C=O) groups is 2. The molecule has 3 aromatic rings. The van der Waals surface area contributed by atoms with Crippen molar-refractivity contribution in [2.45, 2.75) is 53.5 Å². The lowest BCUT2D eigenvalue weighted by Gasteiger charge is -2.31. The van der Waals surface area contributed by atoms with E-state index in [4.69, 9.17) is 11.6 Å². The van der Waals surface area contributed by atoms with E-state index in [1.54, 1.807) is 6.07 Å². The van der Waals surface area contributed by atoms with E-state index in [9.17, 15) is 9.59 Å². The van der Waals surface area contributed by atoms with Gasteiger partial charge in [-0.05, 0) is 79.5 Å². The van der Waals surface area contributed by atoms with Crippen molar-refractivity contribution in [2.24, 2.45) is 5.41 Å². The Kier molecular flexibility index (Phi) is 6.00. The van der Waals surface area contributed by atoms with E-state index in [0.717, 1.165) is 41.6 Å². The molecule has 32 heavy (non-hydrogen) atoms. The summed E-state index contributed by atoms with van der Waals surface area (Å²) in [6.45, 7) is 9.01. The van der Waals surface area contributed by atoms with Crippen molar-refractivity contribution in [3.63, 3.8) is 0 Å². The molecule has 1 aliphatic rings.